The van der Waals surface area contributed by atoms with E-state index in [2.05, 4.69) is 20.9 Å². The lowest BCUT2D eigenvalue weighted by atomic mass is 10.1. The van der Waals surface area contributed by atoms with Gasteiger partial charge in [-0.25, -0.2) is 0 Å². The number of halogens is 1. The first kappa shape index (κ1) is 12.3. The van der Waals surface area contributed by atoms with E-state index in [0.717, 1.165) is 38.9 Å². The largest absolute Gasteiger partial charge is 0.496 e. The fourth-order valence-electron chi connectivity index (χ4n) is 2.01. The predicted octanol–water partition coefficient (Wildman–Crippen LogP) is 2.45. The third-order valence-electron chi connectivity index (χ3n) is 2.75. The Kier molecular flexibility index (Phi) is 3.59. The molecule has 2 rings (SSSR count). The number of nitrogens with one attached hydrogen (secondary N) is 1. The van der Waals surface area contributed by atoms with Crippen molar-refractivity contribution in [3.05, 3.63) is 22.3 Å². The Morgan fingerprint density at radius 1 is 1.35 bits per heavy atom. The van der Waals surface area contributed by atoms with E-state index in [0.29, 0.717) is 6.54 Å². The van der Waals surface area contributed by atoms with Crippen molar-refractivity contribution in [2.24, 2.45) is 5.73 Å². The van der Waals surface area contributed by atoms with E-state index in [-0.39, 0.29) is 0 Å². The number of rotatable bonds is 4. The van der Waals surface area contributed by atoms with Gasteiger partial charge in [-0.2, -0.15) is 0 Å². The fraction of sp³-hybridized carbons (Fsp3) is 0.333. The van der Waals surface area contributed by atoms with Gasteiger partial charge < -0.3 is 20.2 Å². The average Bonchev–Trinajstić information content (AvgIpc) is 2.73. The maximum atomic E-state index is 5.61. The van der Waals surface area contributed by atoms with Crippen LogP contribution in [0.3, 0.4) is 0 Å². The van der Waals surface area contributed by atoms with Gasteiger partial charge >= 0.3 is 0 Å². The summed E-state index contributed by atoms with van der Waals surface area (Å²) < 4.78 is 11.7. The normalized spacial score (nSPS) is 10.8. The lowest BCUT2D eigenvalue weighted by Crippen LogP contribution is -2.02. The van der Waals surface area contributed by atoms with Crippen LogP contribution in [0.4, 0.5) is 0 Å². The highest BCUT2D eigenvalue weighted by atomic mass is 79.9. The molecule has 0 radical (unpaired) electrons. The molecule has 0 atom stereocenters. The third kappa shape index (κ3) is 2.00. The minimum absolute atomic E-state index is 0.606. The van der Waals surface area contributed by atoms with E-state index in [1.165, 1.54) is 0 Å². The molecule has 92 valence electrons. The summed E-state index contributed by atoms with van der Waals surface area (Å²) >= 11 is 3.47. The molecule has 4 nitrogen and oxygen atoms in total. The Morgan fingerprint density at radius 2 is 2.12 bits per heavy atom. The topological polar surface area (TPSA) is 60.3 Å². The molecule has 5 heteroatoms. The molecule has 1 heterocycles. The quantitative estimate of drug-likeness (QED) is 0.911. The van der Waals surface area contributed by atoms with E-state index < -0.39 is 0 Å². The maximum absolute atomic E-state index is 5.61. The summed E-state index contributed by atoms with van der Waals surface area (Å²) in [4.78, 5) is 3.22. The summed E-state index contributed by atoms with van der Waals surface area (Å²) in [7, 11) is 3.31. The van der Waals surface area contributed by atoms with Crippen LogP contribution in [0.2, 0.25) is 0 Å². The minimum Gasteiger partial charge on any atom is -0.496 e. The summed E-state index contributed by atoms with van der Waals surface area (Å²) in [6, 6.07) is 1.91. The zero-order chi connectivity index (χ0) is 12.4. The number of ether oxygens (including phenoxy) is 2. The van der Waals surface area contributed by atoms with E-state index in [1.54, 1.807) is 14.2 Å². The molecular formula is C12H15BrN2O2. The number of aromatic amines is 1. The van der Waals surface area contributed by atoms with Crippen molar-refractivity contribution in [1.82, 2.24) is 4.98 Å². The molecule has 0 saturated heterocycles. The number of H-pyrrole nitrogens is 1. The second-order valence-corrected chi connectivity index (χ2v) is 4.55. The Labute approximate surface area is 108 Å². The molecule has 3 N–H and O–H groups in total. The number of hydrogen-bond acceptors (Lipinski definition) is 3. The summed E-state index contributed by atoms with van der Waals surface area (Å²) in [6.07, 6.45) is 2.76. The van der Waals surface area contributed by atoms with E-state index >= 15 is 0 Å². The van der Waals surface area contributed by atoms with E-state index in [9.17, 15) is 0 Å². The van der Waals surface area contributed by atoms with Gasteiger partial charge in [0.05, 0.1) is 24.2 Å². The molecule has 0 amide bonds. The van der Waals surface area contributed by atoms with Crippen LogP contribution in [0, 0.1) is 0 Å². The molecule has 17 heavy (non-hydrogen) atoms. The minimum atomic E-state index is 0.606. The van der Waals surface area contributed by atoms with E-state index in [4.69, 9.17) is 15.2 Å². The number of methoxy groups -OCH3 is 2. The molecule has 0 saturated carbocycles. The highest BCUT2D eigenvalue weighted by Gasteiger charge is 2.16. The van der Waals surface area contributed by atoms with Gasteiger partial charge in [-0.05, 0) is 40.5 Å². The van der Waals surface area contributed by atoms with E-state index in [1.807, 2.05) is 12.3 Å². The molecule has 0 fully saturated rings. The van der Waals surface area contributed by atoms with Gasteiger partial charge in [0, 0.05) is 11.6 Å². The van der Waals surface area contributed by atoms with Crippen molar-refractivity contribution >= 4 is 26.8 Å². The Bertz CT molecular complexity index is 537. The molecule has 2 aromatic rings. The summed E-state index contributed by atoms with van der Waals surface area (Å²) in [5.74, 6) is 1.60. The molecule has 0 unspecified atom stereocenters. The third-order valence-corrected chi connectivity index (χ3v) is 3.34. The highest BCUT2D eigenvalue weighted by molar-refractivity contribution is 9.10. The molecule has 0 aliphatic carbocycles. The van der Waals surface area contributed by atoms with Crippen LogP contribution in [0.25, 0.3) is 10.9 Å². The van der Waals surface area contributed by atoms with Crippen LogP contribution in [0.15, 0.2) is 16.7 Å². The molecule has 0 spiro atoms. The smallest absolute Gasteiger partial charge is 0.157 e. The Morgan fingerprint density at radius 3 is 2.71 bits per heavy atom. The van der Waals surface area contributed by atoms with Gasteiger partial charge in [-0.15, -0.1) is 0 Å². The van der Waals surface area contributed by atoms with Gasteiger partial charge in [0.1, 0.15) is 5.75 Å². The maximum Gasteiger partial charge on any atom is 0.157 e. The van der Waals surface area contributed by atoms with Crippen molar-refractivity contribution in [3.63, 3.8) is 0 Å². The first-order chi connectivity index (χ1) is 8.22. The van der Waals surface area contributed by atoms with Crippen molar-refractivity contribution in [2.45, 2.75) is 6.42 Å². The SMILES string of the molecule is COc1c(Br)cc(OC)c2c(CCN)c[nH]c12. The Balaban J connectivity index is 2.75. The van der Waals surface area contributed by atoms with Crippen LogP contribution in [0.1, 0.15) is 5.56 Å². The zero-order valence-electron chi connectivity index (χ0n) is 9.84. The standard InChI is InChI=1S/C12H15BrN2O2/c1-16-9-5-8(13)12(17-2)11-10(9)7(3-4-14)6-15-11/h5-6,15H,3-4,14H2,1-2H3. The van der Waals surface area contributed by atoms with Gasteiger partial charge in [-0.3, -0.25) is 0 Å². The first-order valence-electron chi connectivity index (χ1n) is 5.33. The average molecular weight is 299 g/mol. The van der Waals surface area contributed by atoms with Gasteiger partial charge in [0.2, 0.25) is 0 Å². The monoisotopic (exact) mass is 298 g/mol. The van der Waals surface area contributed by atoms with Crippen molar-refractivity contribution in [3.8, 4) is 11.5 Å². The molecule has 0 aliphatic rings. The fourth-order valence-corrected chi connectivity index (χ4v) is 2.58. The number of nitrogens with two attached hydrogens (primary N) is 1. The number of aromatic nitrogens is 1. The lowest BCUT2D eigenvalue weighted by molar-refractivity contribution is 0.407. The molecule has 0 aliphatic heterocycles. The van der Waals surface area contributed by atoms with Crippen LogP contribution in [-0.4, -0.2) is 25.7 Å². The zero-order valence-corrected chi connectivity index (χ0v) is 11.4. The highest BCUT2D eigenvalue weighted by Crippen LogP contribution is 2.40. The van der Waals surface area contributed by atoms with Gasteiger partial charge in [0.15, 0.2) is 5.75 Å². The second kappa shape index (κ2) is 4.98. The second-order valence-electron chi connectivity index (χ2n) is 3.70. The Hall–Kier alpha value is -1.20. The van der Waals surface area contributed by atoms with Crippen molar-refractivity contribution < 1.29 is 9.47 Å². The van der Waals surface area contributed by atoms with Crippen LogP contribution >= 0.6 is 15.9 Å². The van der Waals surface area contributed by atoms with Crippen LogP contribution < -0.4 is 15.2 Å². The first-order valence-corrected chi connectivity index (χ1v) is 6.12. The van der Waals surface area contributed by atoms with Gasteiger partial charge in [-0.1, -0.05) is 0 Å². The molecule has 1 aromatic heterocycles. The predicted molar refractivity (Wildman–Crippen MR) is 71.9 cm³/mol. The van der Waals surface area contributed by atoms with Crippen molar-refractivity contribution in [1.29, 1.82) is 0 Å². The lowest BCUT2D eigenvalue weighted by Gasteiger charge is -2.10. The van der Waals surface area contributed by atoms with Crippen molar-refractivity contribution in [2.75, 3.05) is 20.8 Å². The number of fused-ring (bicyclic) bond motifs is 1. The molecule has 0 bridgehead atoms. The summed E-state index contributed by atoms with van der Waals surface area (Å²) in [6.45, 7) is 0.606. The number of benzene rings is 1. The summed E-state index contributed by atoms with van der Waals surface area (Å²) in [5.41, 5.74) is 7.68. The van der Waals surface area contributed by atoms with Crippen LogP contribution in [0.5, 0.6) is 11.5 Å². The number of hydrogen-bond donors (Lipinski definition) is 2. The van der Waals surface area contributed by atoms with Crippen LogP contribution in [-0.2, 0) is 6.42 Å². The van der Waals surface area contributed by atoms with Gasteiger partial charge in [0.25, 0.3) is 0 Å². The molecule has 1 aromatic carbocycles. The molecular weight excluding hydrogens is 284 g/mol. The summed E-state index contributed by atoms with van der Waals surface area (Å²) in [5, 5.41) is 1.04.